The number of carboxylic acids is 2. The van der Waals surface area contributed by atoms with Gasteiger partial charge in [0, 0.05) is 5.56 Å². The molecule has 1 heterocycles. The maximum Gasteiger partial charge on any atom is 0.348 e. The highest BCUT2D eigenvalue weighted by Crippen LogP contribution is 2.45. The fourth-order valence-electron chi connectivity index (χ4n) is 2.75. The normalized spacial score (nSPS) is 24.1. The van der Waals surface area contributed by atoms with Crippen LogP contribution in [0.2, 0.25) is 0 Å². The van der Waals surface area contributed by atoms with Gasteiger partial charge < -0.3 is 20.1 Å². The molecule has 2 unspecified atom stereocenters. The number of ether oxygens (including phenoxy) is 1. The summed E-state index contributed by atoms with van der Waals surface area (Å²) in [4.78, 5) is 22.9. The van der Waals surface area contributed by atoms with Gasteiger partial charge in [0.1, 0.15) is 17.4 Å². The fourth-order valence-corrected chi connectivity index (χ4v) is 2.75. The summed E-state index contributed by atoms with van der Waals surface area (Å²) in [7, 11) is 0. The number of fused-ring (bicyclic) bond motifs is 1. The highest BCUT2D eigenvalue weighted by atomic mass is 16.5. The molecule has 21 heavy (non-hydrogen) atoms. The summed E-state index contributed by atoms with van der Waals surface area (Å²) in [6.45, 7) is 6.37. The Morgan fingerprint density at radius 3 is 2.19 bits per heavy atom. The summed E-state index contributed by atoms with van der Waals surface area (Å²) in [5, 5.41) is 28.8. The number of benzene rings is 1. The zero-order chi connectivity index (χ0) is 16.1. The fraction of sp³-hybridized carbons (Fsp3) is 0.467. The van der Waals surface area contributed by atoms with E-state index < -0.39 is 23.5 Å². The zero-order valence-corrected chi connectivity index (χ0v) is 12.4. The van der Waals surface area contributed by atoms with Gasteiger partial charge in [-0.25, -0.2) is 4.79 Å². The molecule has 0 aromatic heterocycles. The third-order valence-corrected chi connectivity index (χ3v) is 4.45. The quantitative estimate of drug-likeness (QED) is 0.768. The molecule has 3 N–H and O–H groups in total. The molecule has 6 heteroatoms. The van der Waals surface area contributed by atoms with Crippen molar-refractivity contribution in [3.63, 3.8) is 0 Å². The minimum atomic E-state index is -1.83. The molecule has 1 aliphatic heterocycles. The van der Waals surface area contributed by atoms with Crippen LogP contribution in [0.3, 0.4) is 0 Å². The van der Waals surface area contributed by atoms with Crippen LogP contribution >= 0.6 is 0 Å². The van der Waals surface area contributed by atoms with Gasteiger partial charge in [-0.05, 0) is 50.8 Å². The van der Waals surface area contributed by atoms with Crippen LogP contribution in [0, 0.1) is 26.7 Å². The van der Waals surface area contributed by atoms with Gasteiger partial charge in [0.15, 0.2) is 0 Å². The number of phenols is 1. The van der Waals surface area contributed by atoms with Crippen molar-refractivity contribution >= 4 is 11.9 Å². The molecule has 0 fully saturated rings. The molecule has 0 saturated heterocycles. The first-order valence-corrected chi connectivity index (χ1v) is 6.58. The van der Waals surface area contributed by atoms with E-state index in [1.807, 2.05) is 0 Å². The Balaban J connectivity index is 2.72. The molecule has 0 amide bonds. The third-order valence-electron chi connectivity index (χ3n) is 4.45. The Morgan fingerprint density at radius 1 is 1.14 bits per heavy atom. The molecule has 0 bridgehead atoms. The van der Waals surface area contributed by atoms with Crippen molar-refractivity contribution in [3.8, 4) is 11.5 Å². The van der Waals surface area contributed by atoms with Crippen LogP contribution in [0.1, 0.15) is 29.2 Å². The molecule has 114 valence electrons. The van der Waals surface area contributed by atoms with Crippen molar-refractivity contribution < 1.29 is 29.6 Å². The summed E-state index contributed by atoms with van der Waals surface area (Å²) in [6, 6.07) is 0. The second kappa shape index (κ2) is 4.65. The van der Waals surface area contributed by atoms with E-state index in [1.54, 1.807) is 20.8 Å². The van der Waals surface area contributed by atoms with Crippen LogP contribution in [0.5, 0.6) is 11.5 Å². The molecule has 1 aromatic carbocycles. The average molecular weight is 294 g/mol. The number of phenolic OH excluding ortho intramolecular Hbond substituents is 1. The first-order chi connectivity index (χ1) is 9.61. The second-order valence-corrected chi connectivity index (χ2v) is 5.64. The lowest BCUT2D eigenvalue weighted by atomic mass is 9.78. The number of rotatable bonds is 2. The zero-order valence-electron chi connectivity index (χ0n) is 12.4. The summed E-state index contributed by atoms with van der Waals surface area (Å²) in [6.07, 6.45) is 0.00792. The van der Waals surface area contributed by atoms with Gasteiger partial charge in [-0.2, -0.15) is 0 Å². The molecule has 2 rings (SSSR count). The van der Waals surface area contributed by atoms with E-state index in [0.29, 0.717) is 28.0 Å². The van der Waals surface area contributed by atoms with Crippen LogP contribution in [-0.2, 0) is 16.0 Å². The molecule has 0 aliphatic carbocycles. The van der Waals surface area contributed by atoms with Gasteiger partial charge in [0.2, 0.25) is 5.60 Å². The summed E-state index contributed by atoms with van der Waals surface area (Å²) < 4.78 is 5.61. The number of aliphatic carboxylic acids is 2. The number of carboxylic acid groups (broad SMARTS) is 2. The van der Waals surface area contributed by atoms with Crippen molar-refractivity contribution in [1.82, 2.24) is 0 Å². The van der Waals surface area contributed by atoms with Gasteiger partial charge in [0.05, 0.1) is 0 Å². The van der Waals surface area contributed by atoms with Gasteiger partial charge in [0.25, 0.3) is 0 Å². The van der Waals surface area contributed by atoms with Gasteiger partial charge in [-0.3, -0.25) is 4.79 Å². The Labute approximate surface area is 122 Å². The molecule has 0 radical (unpaired) electrons. The predicted molar refractivity (Wildman–Crippen MR) is 73.8 cm³/mol. The molecular formula is C15H18O6. The van der Waals surface area contributed by atoms with E-state index in [9.17, 15) is 24.9 Å². The Hall–Kier alpha value is -2.24. The second-order valence-electron chi connectivity index (χ2n) is 5.64. The number of carbonyl (C=O) groups is 2. The largest absolute Gasteiger partial charge is 0.507 e. The predicted octanol–water partition coefficient (Wildman–Crippen LogP) is 1.80. The highest BCUT2D eigenvalue weighted by Gasteiger charge is 2.52. The average Bonchev–Trinajstić information content (AvgIpc) is 2.41. The maximum absolute atomic E-state index is 11.5. The summed E-state index contributed by atoms with van der Waals surface area (Å²) in [5.41, 5.74) is 0.491. The topological polar surface area (TPSA) is 104 Å². The van der Waals surface area contributed by atoms with Gasteiger partial charge in [-0.15, -0.1) is 0 Å². The standard InChI is InChI=1S/C15H18O6/c1-6-7(2)12-9(8(3)11(6)16)5-10(13(17)18)15(4,21-12)14(19)20/h10,16H,5H2,1-4H3,(H,17,18)(H,19,20). The minimum Gasteiger partial charge on any atom is -0.507 e. The molecule has 2 atom stereocenters. The number of hydrogen-bond donors (Lipinski definition) is 3. The molecule has 0 saturated carbocycles. The Morgan fingerprint density at radius 2 is 1.71 bits per heavy atom. The monoisotopic (exact) mass is 294 g/mol. The minimum absolute atomic E-state index is 0.00792. The molecule has 1 aromatic rings. The molecule has 0 spiro atoms. The Kier molecular flexibility index (Phi) is 3.35. The van der Waals surface area contributed by atoms with E-state index in [0.717, 1.165) is 0 Å². The smallest absolute Gasteiger partial charge is 0.348 e. The maximum atomic E-state index is 11.5. The van der Waals surface area contributed by atoms with Crippen molar-refractivity contribution in [2.45, 2.75) is 39.7 Å². The van der Waals surface area contributed by atoms with Gasteiger partial charge >= 0.3 is 11.9 Å². The third kappa shape index (κ3) is 2.02. The highest BCUT2D eigenvalue weighted by molar-refractivity contribution is 5.87. The summed E-state index contributed by atoms with van der Waals surface area (Å²) in [5.74, 6) is -3.31. The van der Waals surface area contributed by atoms with Crippen molar-refractivity contribution in [3.05, 3.63) is 22.3 Å². The number of aromatic hydroxyl groups is 1. The number of hydrogen-bond acceptors (Lipinski definition) is 4. The molecule has 6 nitrogen and oxygen atoms in total. The van der Waals surface area contributed by atoms with E-state index in [1.165, 1.54) is 6.92 Å². The lowest BCUT2D eigenvalue weighted by Crippen LogP contribution is -2.54. The van der Waals surface area contributed by atoms with Crippen molar-refractivity contribution in [1.29, 1.82) is 0 Å². The first-order valence-electron chi connectivity index (χ1n) is 6.58. The van der Waals surface area contributed by atoms with Crippen LogP contribution in [0.15, 0.2) is 0 Å². The SMILES string of the molecule is Cc1c(C)c2c(c(C)c1O)CC(C(=O)O)C(C)(C(=O)O)O2. The lowest BCUT2D eigenvalue weighted by Gasteiger charge is -2.38. The molecule has 1 aliphatic rings. The van der Waals surface area contributed by atoms with Crippen molar-refractivity contribution in [2.24, 2.45) is 5.92 Å². The van der Waals surface area contributed by atoms with Crippen LogP contribution < -0.4 is 4.74 Å². The van der Waals surface area contributed by atoms with Crippen molar-refractivity contribution in [2.75, 3.05) is 0 Å². The van der Waals surface area contributed by atoms with Crippen LogP contribution in [0.4, 0.5) is 0 Å². The Bertz CT molecular complexity index is 648. The van der Waals surface area contributed by atoms with Crippen LogP contribution in [-0.4, -0.2) is 32.9 Å². The lowest BCUT2D eigenvalue weighted by molar-refractivity contribution is -0.170. The van der Waals surface area contributed by atoms with E-state index >= 15 is 0 Å². The summed E-state index contributed by atoms with van der Waals surface area (Å²) >= 11 is 0. The van der Waals surface area contributed by atoms with E-state index in [-0.39, 0.29) is 12.2 Å². The van der Waals surface area contributed by atoms with E-state index in [2.05, 4.69) is 0 Å². The first kappa shape index (κ1) is 15.2. The van der Waals surface area contributed by atoms with Crippen LogP contribution in [0.25, 0.3) is 0 Å². The van der Waals surface area contributed by atoms with E-state index in [4.69, 9.17) is 4.74 Å². The molecular weight excluding hydrogens is 276 g/mol. The van der Waals surface area contributed by atoms with Gasteiger partial charge in [-0.1, -0.05) is 0 Å².